The highest BCUT2D eigenvalue weighted by atomic mass is 16.3. The third kappa shape index (κ3) is 3.74. The molecule has 21 heavy (non-hydrogen) atoms. The molecule has 0 spiro atoms. The largest absolute Gasteiger partial charge is 0.388 e. The van der Waals surface area contributed by atoms with Crippen molar-refractivity contribution in [2.75, 3.05) is 0 Å². The molecule has 0 aliphatic rings. The van der Waals surface area contributed by atoms with Gasteiger partial charge in [0.05, 0.1) is 6.10 Å². The van der Waals surface area contributed by atoms with Gasteiger partial charge in [0.2, 0.25) is 0 Å². The standard InChI is InChI=1S/C20H26O/c1-15(2)13-16-9-8-10-17(14-16)19(21)20(3,4)18-11-6-5-7-12-18/h5-12,14-15,19,21H,13H2,1-4H3. The average Bonchev–Trinajstić information content (AvgIpc) is 2.47. The van der Waals surface area contributed by atoms with E-state index in [-0.39, 0.29) is 5.41 Å². The number of benzene rings is 2. The van der Waals surface area contributed by atoms with Crippen molar-refractivity contribution in [2.45, 2.75) is 45.6 Å². The fourth-order valence-corrected chi connectivity index (χ4v) is 2.80. The van der Waals surface area contributed by atoms with Crippen molar-refractivity contribution >= 4 is 0 Å². The third-order valence-electron chi connectivity index (χ3n) is 4.11. The fourth-order valence-electron chi connectivity index (χ4n) is 2.80. The maximum atomic E-state index is 10.9. The number of aliphatic hydroxyl groups is 1. The van der Waals surface area contributed by atoms with Crippen LogP contribution in [0.3, 0.4) is 0 Å². The van der Waals surface area contributed by atoms with E-state index in [1.54, 1.807) is 0 Å². The molecule has 1 atom stereocenters. The maximum Gasteiger partial charge on any atom is 0.0881 e. The van der Waals surface area contributed by atoms with Gasteiger partial charge in [-0.1, -0.05) is 82.3 Å². The highest BCUT2D eigenvalue weighted by molar-refractivity contribution is 5.32. The van der Waals surface area contributed by atoms with Crippen LogP contribution in [-0.2, 0) is 11.8 Å². The molecule has 0 aromatic heterocycles. The van der Waals surface area contributed by atoms with Crippen molar-refractivity contribution in [3.8, 4) is 0 Å². The van der Waals surface area contributed by atoms with Crippen LogP contribution < -0.4 is 0 Å². The zero-order chi connectivity index (χ0) is 15.5. The molecule has 0 saturated carbocycles. The van der Waals surface area contributed by atoms with Crippen LogP contribution in [0, 0.1) is 5.92 Å². The van der Waals surface area contributed by atoms with Crippen LogP contribution in [0.2, 0.25) is 0 Å². The van der Waals surface area contributed by atoms with Gasteiger partial charge in [-0.2, -0.15) is 0 Å². The number of hydrogen-bond acceptors (Lipinski definition) is 1. The molecule has 0 amide bonds. The first kappa shape index (κ1) is 15.8. The van der Waals surface area contributed by atoms with E-state index in [0.717, 1.165) is 17.5 Å². The lowest BCUT2D eigenvalue weighted by molar-refractivity contribution is 0.100. The van der Waals surface area contributed by atoms with Gasteiger partial charge in [0.25, 0.3) is 0 Å². The summed E-state index contributed by atoms with van der Waals surface area (Å²) >= 11 is 0. The Morgan fingerprint density at radius 2 is 1.62 bits per heavy atom. The molecule has 2 aromatic carbocycles. The first-order valence-electron chi connectivity index (χ1n) is 7.73. The molecule has 1 nitrogen and oxygen atoms in total. The van der Waals surface area contributed by atoms with Crippen LogP contribution in [-0.4, -0.2) is 5.11 Å². The monoisotopic (exact) mass is 282 g/mol. The van der Waals surface area contributed by atoms with Gasteiger partial charge in [0, 0.05) is 5.41 Å². The summed E-state index contributed by atoms with van der Waals surface area (Å²) in [5.41, 5.74) is 3.15. The summed E-state index contributed by atoms with van der Waals surface area (Å²) in [6.07, 6.45) is 0.541. The fraction of sp³-hybridized carbons (Fsp3) is 0.400. The summed E-state index contributed by atoms with van der Waals surface area (Å²) in [5.74, 6) is 0.625. The van der Waals surface area contributed by atoms with Crippen molar-refractivity contribution in [1.82, 2.24) is 0 Å². The van der Waals surface area contributed by atoms with Crippen LogP contribution in [0.5, 0.6) is 0 Å². The van der Waals surface area contributed by atoms with Gasteiger partial charge < -0.3 is 5.11 Å². The van der Waals surface area contributed by atoms with Crippen molar-refractivity contribution < 1.29 is 5.11 Å². The summed E-state index contributed by atoms with van der Waals surface area (Å²) in [7, 11) is 0. The normalized spacial score (nSPS) is 13.4. The Bertz CT molecular complexity index is 569. The van der Waals surface area contributed by atoms with Crippen LogP contribution >= 0.6 is 0 Å². The smallest absolute Gasteiger partial charge is 0.0881 e. The van der Waals surface area contributed by atoms with Crippen molar-refractivity contribution in [3.63, 3.8) is 0 Å². The Morgan fingerprint density at radius 3 is 2.24 bits per heavy atom. The highest BCUT2D eigenvalue weighted by Crippen LogP contribution is 2.36. The molecule has 0 heterocycles. The SMILES string of the molecule is CC(C)Cc1cccc(C(O)C(C)(C)c2ccccc2)c1. The van der Waals surface area contributed by atoms with Crippen LogP contribution in [0.1, 0.15) is 50.5 Å². The number of rotatable bonds is 5. The predicted octanol–water partition coefficient (Wildman–Crippen LogP) is 4.90. The molecule has 0 aliphatic heterocycles. The molecule has 0 bridgehead atoms. The molecule has 2 aromatic rings. The molecule has 1 heteroatoms. The van der Waals surface area contributed by atoms with Gasteiger partial charge >= 0.3 is 0 Å². The quantitative estimate of drug-likeness (QED) is 0.827. The second kappa shape index (κ2) is 6.44. The molecule has 112 valence electrons. The molecule has 0 radical (unpaired) electrons. The third-order valence-corrected chi connectivity index (χ3v) is 4.11. The first-order chi connectivity index (χ1) is 9.91. The van der Waals surface area contributed by atoms with E-state index in [1.165, 1.54) is 5.56 Å². The van der Waals surface area contributed by atoms with Crippen molar-refractivity contribution in [2.24, 2.45) is 5.92 Å². The number of hydrogen-bond donors (Lipinski definition) is 1. The molecular weight excluding hydrogens is 256 g/mol. The molecule has 0 saturated heterocycles. The van der Waals surface area contributed by atoms with Gasteiger partial charge in [-0.25, -0.2) is 0 Å². The van der Waals surface area contributed by atoms with Gasteiger partial charge in [-0.3, -0.25) is 0 Å². The first-order valence-corrected chi connectivity index (χ1v) is 7.73. The zero-order valence-electron chi connectivity index (χ0n) is 13.5. The van der Waals surface area contributed by atoms with Gasteiger partial charge in [-0.15, -0.1) is 0 Å². The minimum atomic E-state index is -0.507. The summed E-state index contributed by atoms with van der Waals surface area (Å²) in [5, 5.41) is 10.9. The van der Waals surface area contributed by atoms with Crippen molar-refractivity contribution in [3.05, 3.63) is 71.3 Å². The van der Waals surface area contributed by atoms with E-state index in [9.17, 15) is 5.11 Å². The minimum Gasteiger partial charge on any atom is -0.388 e. The van der Waals surface area contributed by atoms with Gasteiger partial charge in [0.1, 0.15) is 0 Å². The minimum absolute atomic E-state index is 0.308. The second-order valence-electron chi connectivity index (χ2n) is 6.83. The molecule has 0 fully saturated rings. The molecule has 2 rings (SSSR count). The second-order valence-corrected chi connectivity index (χ2v) is 6.83. The lowest BCUT2D eigenvalue weighted by Gasteiger charge is -2.31. The number of aliphatic hydroxyl groups excluding tert-OH is 1. The molecule has 0 aliphatic carbocycles. The van der Waals surface area contributed by atoms with Gasteiger partial charge in [0.15, 0.2) is 0 Å². The van der Waals surface area contributed by atoms with E-state index in [0.29, 0.717) is 5.92 Å². The lowest BCUT2D eigenvalue weighted by Crippen LogP contribution is -2.26. The Kier molecular flexibility index (Phi) is 4.84. The molecule has 1 unspecified atom stereocenters. The Labute approximate surface area is 128 Å². The van der Waals surface area contributed by atoms with E-state index in [1.807, 2.05) is 24.3 Å². The van der Waals surface area contributed by atoms with Crippen molar-refractivity contribution in [1.29, 1.82) is 0 Å². The maximum absolute atomic E-state index is 10.9. The Hall–Kier alpha value is -1.60. The summed E-state index contributed by atoms with van der Waals surface area (Å²) in [6, 6.07) is 18.6. The predicted molar refractivity (Wildman–Crippen MR) is 89.4 cm³/mol. The van der Waals surface area contributed by atoms with Crippen LogP contribution in [0.4, 0.5) is 0 Å². The summed E-state index contributed by atoms with van der Waals surface area (Å²) < 4.78 is 0. The van der Waals surface area contributed by atoms with E-state index in [4.69, 9.17) is 0 Å². The van der Waals surface area contributed by atoms with Gasteiger partial charge in [-0.05, 0) is 29.0 Å². The zero-order valence-corrected chi connectivity index (χ0v) is 13.5. The Balaban J connectivity index is 2.29. The van der Waals surface area contributed by atoms with E-state index < -0.39 is 6.10 Å². The average molecular weight is 282 g/mol. The summed E-state index contributed by atoms with van der Waals surface area (Å²) in [6.45, 7) is 8.64. The van der Waals surface area contributed by atoms with E-state index >= 15 is 0 Å². The van der Waals surface area contributed by atoms with Crippen LogP contribution in [0.25, 0.3) is 0 Å². The summed E-state index contributed by atoms with van der Waals surface area (Å²) in [4.78, 5) is 0. The molecular formula is C20H26O. The van der Waals surface area contributed by atoms with Crippen LogP contribution in [0.15, 0.2) is 54.6 Å². The highest BCUT2D eigenvalue weighted by Gasteiger charge is 2.30. The topological polar surface area (TPSA) is 20.2 Å². The Morgan fingerprint density at radius 1 is 0.952 bits per heavy atom. The molecule has 1 N–H and O–H groups in total. The van der Waals surface area contributed by atoms with E-state index in [2.05, 4.69) is 58.0 Å². The lowest BCUT2D eigenvalue weighted by atomic mass is 9.76.